The van der Waals surface area contributed by atoms with E-state index in [0.717, 1.165) is 19.3 Å². The smallest absolute Gasteiger partial charge is 0.0621 e. The largest absolute Gasteiger partial charge is 0.198 e. The van der Waals surface area contributed by atoms with E-state index in [1.807, 2.05) is 0 Å². The van der Waals surface area contributed by atoms with Gasteiger partial charge in [0.2, 0.25) is 0 Å². The van der Waals surface area contributed by atoms with Crippen LogP contribution in [0.15, 0.2) is 18.2 Å². The van der Waals surface area contributed by atoms with Crippen LogP contribution in [0.5, 0.6) is 0 Å². The molecule has 17 heavy (non-hydrogen) atoms. The van der Waals surface area contributed by atoms with Crippen LogP contribution in [0, 0.1) is 11.3 Å². The van der Waals surface area contributed by atoms with Gasteiger partial charge in [-0.3, -0.25) is 0 Å². The first-order valence-electron chi connectivity index (χ1n) is 6.48. The standard InChI is InChI=1S/C16H23N/c1-5-13-9-10-15(16(2,3)4)12-14(13)8-6-7-11-17/h9-10,12H,5-8H2,1-4H3. The number of nitrogens with zero attached hydrogens (tertiary/aromatic N) is 1. The summed E-state index contributed by atoms with van der Waals surface area (Å²) in [4.78, 5) is 0. The molecule has 0 N–H and O–H groups in total. The zero-order valence-corrected chi connectivity index (χ0v) is 11.5. The van der Waals surface area contributed by atoms with Crippen LogP contribution in [-0.2, 0) is 18.3 Å². The highest BCUT2D eigenvalue weighted by Crippen LogP contribution is 2.25. The minimum absolute atomic E-state index is 0.205. The summed E-state index contributed by atoms with van der Waals surface area (Å²) in [6.45, 7) is 8.92. The predicted octanol–water partition coefficient (Wildman–Crippen LogP) is 4.39. The number of rotatable bonds is 4. The summed E-state index contributed by atoms with van der Waals surface area (Å²) in [5, 5.41) is 8.60. The van der Waals surface area contributed by atoms with Crippen molar-refractivity contribution in [2.75, 3.05) is 0 Å². The second-order valence-electron chi connectivity index (χ2n) is 5.60. The number of benzene rings is 1. The number of hydrogen-bond acceptors (Lipinski definition) is 1. The van der Waals surface area contributed by atoms with Crippen molar-refractivity contribution >= 4 is 0 Å². The molecule has 0 fully saturated rings. The van der Waals surface area contributed by atoms with Crippen LogP contribution in [0.1, 0.15) is 57.2 Å². The lowest BCUT2D eigenvalue weighted by molar-refractivity contribution is 0.588. The summed E-state index contributed by atoms with van der Waals surface area (Å²) in [6, 6.07) is 9.04. The first kappa shape index (κ1) is 13.8. The third kappa shape index (κ3) is 3.89. The van der Waals surface area contributed by atoms with E-state index in [1.165, 1.54) is 16.7 Å². The Morgan fingerprint density at radius 1 is 1.18 bits per heavy atom. The van der Waals surface area contributed by atoms with Crippen LogP contribution < -0.4 is 0 Å². The fourth-order valence-electron chi connectivity index (χ4n) is 2.03. The molecule has 0 saturated carbocycles. The lowest BCUT2D eigenvalue weighted by Gasteiger charge is -2.21. The summed E-state index contributed by atoms with van der Waals surface area (Å²) >= 11 is 0. The fourth-order valence-corrected chi connectivity index (χ4v) is 2.03. The van der Waals surface area contributed by atoms with Gasteiger partial charge in [0.15, 0.2) is 0 Å². The maximum Gasteiger partial charge on any atom is 0.0621 e. The van der Waals surface area contributed by atoms with E-state index in [4.69, 9.17) is 5.26 Å². The highest BCUT2D eigenvalue weighted by Gasteiger charge is 2.14. The van der Waals surface area contributed by atoms with Crippen LogP contribution in [-0.4, -0.2) is 0 Å². The minimum Gasteiger partial charge on any atom is -0.198 e. The van der Waals surface area contributed by atoms with Crippen LogP contribution >= 0.6 is 0 Å². The highest BCUT2D eigenvalue weighted by atomic mass is 14.2. The number of aryl methyl sites for hydroxylation is 2. The normalized spacial score (nSPS) is 11.2. The summed E-state index contributed by atoms with van der Waals surface area (Å²) in [5.74, 6) is 0. The molecule has 0 bridgehead atoms. The SMILES string of the molecule is CCc1ccc(C(C)(C)C)cc1CCCC#N. The van der Waals surface area contributed by atoms with E-state index in [0.29, 0.717) is 6.42 Å². The van der Waals surface area contributed by atoms with Gasteiger partial charge in [-0.05, 0) is 41.4 Å². The molecule has 0 radical (unpaired) electrons. The molecule has 0 aliphatic rings. The van der Waals surface area contributed by atoms with Crippen LogP contribution in [0.25, 0.3) is 0 Å². The Bertz CT molecular complexity index is 405. The van der Waals surface area contributed by atoms with Crippen molar-refractivity contribution in [2.24, 2.45) is 0 Å². The Morgan fingerprint density at radius 3 is 2.41 bits per heavy atom. The lowest BCUT2D eigenvalue weighted by Crippen LogP contribution is -2.12. The molecule has 0 atom stereocenters. The molecule has 1 aromatic carbocycles. The van der Waals surface area contributed by atoms with Gasteiger partial charge in [0.1, 0.15) is 0 Å². The zero-order chi connectivity index (χ0) is 12.9. The zero-order valence-electron chi connectivity index (χ0n) is 11.5. The molecule has 1 aromatic rings. The Hall–Kier alpha value is -1.29. The molecule has 0 amide bonds. The Kier molecular flexibility index (Phi) is 4.75. The van der Waals surface area contributed by atoms with Crippen molar-refractivity contribution in [1.29, 1.82) is 5.26 Å². The molecule has 1 rings (SSSR count). The molecule has 0 unspecified atom stereocenters. The van der Waals surface area contributed by atoms with E-state index in [9.17, 15) is 0 Å². The summed E-state index contributed by atoms with van der Waals surface area (Å²) in [5.41, 5.74) is 4.45. The van der Waals surface area contributed by atoms with Crippen LogP contribution in [0.2, 0.25) is 0 Å². The average Bonchev–Trinajstić information content (AvgIpc) is 2.28. The van der Waals surface area contributed by atoms with Gasteiger partial charge >= 0.3 is 0 Å². The Labute approximate surface area is 105 Å². The molecule has 92 valence electrons. The van der Waals surface area contributed by atoms with Crippen molar-refractivity contribution in [2.45, 2.75) is 58.8 Å². The maximum absolute atomic E-state index is 8.60. The third-order valence-corrected chi connectivity index (χ3v) is 3.19. The quantitative estimate of drug-likeness (QED) is 0.702. The topological polar surface area (TPSA) is 23.8 Å². The molecular formula is C16H23N. The van der Waals surface area contributed by atoms with Gasteiger partial charge < -0.3 is 0 Å². The summed E-state index contributed by atoms with van der Waals surface area (Å²) in [7, 11) is 0. The van der Waals surface area contributed by atoms with Crippen molar-refractivity contribution in [1.82, 2.24) is 0 Å². The summed E-state index contributed by atoms with van der Waals surface area (Å²) < 4.78 is 0. The second-order valence-corrected chi connectivity index (χ2v) is 5.60. The van der Waals surface area contributed by atoms with Gasteiger partial charge in [-0.15, -0.1) is 0 Å². The molecule has 0 spiro atoms. The van der Waals surface area contributed by atoms with Gasteiger partial charge in [0, 0.05) is 6.42 Å². The van der Waals surface area contributed by atoms with Crippen LogP contribution in [0.3, 0.4) is 0 Å². The Morgan fingerprint density at radius 2 is 1.88 bits per heavy atom. The predicted molar refractivity (Wildman–Crippen MR) is 73.1 cm³/mol. The highest BCUT2D eigenvalue weighted by molar-refractivity contribution is 5.35. The van der Waals surface area contributed by atoms with E-state index < -0.39 is 0 Å². The van der Waals surface area contributed by atoms with Gasteiger partial charge in [-0.1, -0.05) is 45.9 Å². The number of hydrogen-bond donors (Lipinski definition) is 0. The third-order valence-electron chi connectivity index (χ3n) is 3.19. The van der Waals surface area contributed by atoms with Gasteiger partial charge in [-0.2, -0.15) is 5.26 Å². The van der Waals surface area contributed by atoms with Gasteiger partial charge in [-0.25, -0.2) is 0 Å². The van der Waals surface area contributed by atoms with E-state index >= 15 is 0 Å². The Balaban J connectivity index is 2.95. The van der Waals surface area contributed by atoms with Crippen molar-refractivity contribution in [3.63, 3.8) is 0 Å². The lowest BCUT2D eigenvalue weighted by atomic mass is 9.84. The van der Waals surface area contributed by atoms with Crippen molar-refractivity contribution in [3.05, 3.63) is 34.9 Å². The maximum atomic E-state index is 8.60. The fraction of sp³-hybridized carbons (Fsp3) is 0.562. The molecule has 0 aliphatic carbocycles. The van der Waals surface area contributed by atoms with E-state index in [2.05, 4.69) is 52.0 Å². The second kappa shape index (κ2) is 5.87. The molecule has 0 aliphatic heterocycles. The molecule has 0 heterocycles. The van der Waals surface area contributed by atoms with Crippen molar-refractivity contribution in [3.8, 4) is 6.07 Å². The molecular weight excluding hydrogens is 206 g/mol. The van der Waals surface area contributed by atoms with Crippen molar-refractivity contribution < 1.29 is 0 Å². The van der Waals surface area contributed by atoms with E-state index in [1.54, 1.807) is 0 Å². The summed E-state index contributed by atoms with van der Waals surface area (Å²) in [6.07, 6.45) is 3.73. The minimum atomic E-state index is 0.205. The molecule has 1 heteroatoms. The van der Waals surface area contributed by atoms with Crippen LogP contribution in [0.4, 0.5) is 0 Å². The number of nitriles is 1. The number of unbranched alkanes of at least 4 members (excludes halogenated alkanes) is 1. The van der Waals surface area contributed by atoms with E-state index in [-0.39, 0.29) is 5.41 Å². The molecule has 0 aromatic heterocycles. The molecule has 1 nitrogen and oxygen atoms in total. The molecule has 0 saturated heterocycles. The van der Waals surface area contributed by atoms with Gasteiger partial charge in [0.05, 0.1) is 6.07 Å². The monoisotopic (exact) mass is 229 g/mol. The average molecular weight is 229 g/mol. The first-order valence-corrected chi connectivity index (χ1v) is 6.48. The first-order chi connectivity index (χ1) is 7.99. The van der Waals surface area contributed by atoms with Gasteiger partial charge in [0.25, 0.3) is 0 Å².